The molecule has 0 radical (unpaired) electrons. The minimum atomic E-state index is -5.08. The largest absolute Gasteiger partial charge is 0.493 e. The molecule has 37 heavy (non-hydrogen) atoms. The van der Waals surface area contributed by atoms with E-state index in [2.05, 4.69) is 10.2 Å². The third kappa shape index (κ3) is 8.04. The number of nitrogens with zero attached hydrogens (tertiary/aromatic N) is 2. The first-order valence-electron chi connectivity index (χ1n) is 13.2. The molecule has 7 nitrogen and oxygen atoms in total. The van der Waals surface area contributed by atoms with Gasteiger partial charge in [-0.25, -0.2) is 18.4 Å². The number of halogens is 5. The van der Waals surface area contributed by atoms with Gasteiger partial charge >= 0.3 is 18.2 Å². The van der Waals surface area contributed by atoms with E-state index in [1.807, 2.05) is 7.05 Å². The molecule has 1 fully saturated rings. The van der Waals surface area contributed by atoms with Gasteiger partial charge in [-0.05, 0) is 56.2 Å². The van der Waals surface area contributed by atoms with Crippen LogP contribution in [0.25, 0.3) is 0 Å². The predicted octanol–water partition coefficient (Wildman–Crippen LogP) is 4.59. The zero-order chi connectivity index (χ0) is 30.8. The number of hydrogen-bond donors (Lipinski definition) is 2. The van der Waals surface area contributed by atoms with Crippen LogP contribution in [0.4, 0.5) is 26.7 Å². The van der Waals surface area contributed by atoms with E-state index in [1.165, 1.54) is 24.3 Å². The van der Waals surface area contributed by atoms with Gasteiger partial charge in [-0.3, -0.25) is 0 Å². The molecule has 0 aromatic heterocycles. The highest BCUT2D eigenvalue weighted by molar-refractivity contribution is 5.74. The number of aliphatic carboxylic acids is 1. The van der Waals surface area contributed by atoms with Gasteiger partial charge in [0.05, 0.1) is 15.8 Å². The van der Waals surface area contributed by atoms with Gasteiger partial charge in [0.25, 0.3) is 0 Å². The van der Waals surface area contributed by atoms with Crippen LogP contribution in [0.2, 0.25) is 0 Å². The van der Waals surface area contributed by atoms with Crippen molar-refractivity contribution in [2.75, 3.05) is 26.7 Å². The SMILES string of the molecule is O=C(O)C(F)(F)F.[2H]C1([2H])Oc2ccc(CNC(=O)N(Cc3ccc(F)cc3F)C3CCN(C)CC3)cc2C1([2H])[2H].[HH]. The number of carboxylic acids is 1. The molecule has 0 bridgehead atoms. The number of likely N-dealkylation sites (tertiary alicyclic amines) is 1. The number of benzene rings is 2. The molecule has 0 aliphatic carbocycles. The van der Waals surface area contributed by atoms with Crippen LogP contribution >= 0.6 is 0 Å². The van der Waals surface area contributed by atoms with Crippen molar-refractivity contribution in [1.82, 2.24) is 15.1 Å². The number of carboxylic acid groups (broad SMARTS) is 1. The third-order valence-electron chi connectivity index (χ3n) is 5.82. The van der Waals surface area contributed by atoms with Crippen LogP contribution in [0, 0.1) is 11.6 Å². The minimum absolute atomic E-state index is 0. The molecule has 2 heterocycles. The number of amides is 2. The van der Waals surface area contributed by atoms with E-state index in [0.717, 1.165) is 32.0 Å². The second-order valence-corrected chi connectivity index (χ2v) is 8.52. The summed E-state index contributed by atoms with van der Waals surface area (Å²) in [6.07, 6.45) is -5.97. The number of ether oxygens (including phenoxy) is 1. The second-order valence-electron chi connectivity index (χ2n) is 8.52. The number of urea groups is 1. The lowest BCUT2D eigenvalue weighted by molar-refractivity contribution is -0.192. The van der Waals surface area contributed by atoms with Crippen LogP contribution in [-0.4, -0.2) is 65.8 Å². The second kappa shape index (κ2) is 12.2. The molecule has 2 N–H and O–H groups in total. The minimum Gasteiger partial charge on any atom is -0.493 e. The van der Waals surface area contributed by atoms with Crippen LogP contribution < -0.4 is 10.1 Å². The summed E-state index contributed by atoms with van der Waals surface area (Å²) in [4.78, 5) is 25.8. The van der Waals surface area contributed by atoms with Gasteiger partial charge in [-0.1, -0.05) is 18.2 Å². The molecule has 0 saturated carbocycles. The van der Waals surface area contributed by atoms with Crippen molar-refractivity contribution in [1.29, 1.82) is 0 Å². The Bertz CT molecular complexity index is 1280. The van der Waals surface area contributed by atoms with Crippen molar-refractivity contribution in [3.8, 4) is 5.75 Å². The number of fused-ring (bicyclic) bond motifs is 1. The smallest absolute Gasteiger partial charge is 0.490 e. The Kier molecular flexibility index (Phi) is 7.52. The third-order valence-corrected chi connectivity index (χ3v) is 5.82. The van der Waals surface area contributed by atoms with E-state index in [9.17, 15) is 26.7 Å². The van der Waals surface area contributed by atoms with Crippen molar-refractivity contribution >= 4 is 12.0 Å². The van der Waals surface area contributed by atoms with Gasteiger partial charge in [0, 0.05) is 34.8 Å². The van der Waals surface area contributed by atoms with Crippen molar-refractivity contribution in [3.63, 3.8) is 0 Å². The summed E-state index contributed by atoms with van der Waals surface area (Å²) < 4.78 is 96.2. The van der Waals surface area contributed by atoms with E-state index in [1.54, 1.807) is 11.0 Å². The Morgan fingerprint density at radius 2 is 1.89 bits per heavy atom. The van der Waals surface area contributed by atoms with E-state index in [-0.39, 0.29) is 37.4 Å². The highest BCUT2D eigenvalue weighted by Gasteiger charge is 2.38. The Balaban J connectivity index is 0.000000687. The van der Waals surface area contributed by atoms with Gasteiger partial charge in [0.15, 0.2) is 0 Å². The van der Waals surface area contributed by atoms with E-state index in [0.29, 0.717) is 5.56 Å². The summed E-state index contributed by atoms with van der Waals surface area (Å²) in [6, 6.07) is 7.40. The van der Waals surface area contributed by atoms with Gasteiger partial charge < -0.3 is 25.0 Å². The van der Waals surface area contributed by atoms with Gasteiger partial charge in [-0.2, -0.15) is 13.2 Å². The lowest BCUT2D eigenvalue weighted by Gasteiger charge is -2.37. The number of alkyl halides is 3. The number of piperidine rings is 1. The molecule has 4 rings (SSSR count). The molecule has 0 spiro atoms. The van der Waals surface area contributed by atoms with Crippen LogP contribution in [0.3, 0.4) is 0 Å². The number of aryl methyl sites for hydroxylation is 1. The van der Waals surface area contributed by atoms with Crippen LogP contribution in [0.15, 0.2) is 36.4 Å². The average Bonchev–Trinajstić information content (AvgIpc) is 3.05. The molecule has 2 amide bonds. The molecule has 204 valence electrons. The van der Waals surface area contributed by atoms with Gasteiger partial charge in [0.2, 0.25) is 0 Å². The summed E-state index contributed by atoms with van der Waals surface area (Å²) in [5.41, 5.74) is 0.888. The topological polar surface area (TPSA) is 82.1 Å². The first-order chi connectivity index (χ1) is 18.9. The summed E-state index contributed by atoms with van der Waals surface area (Å²) in [6.45, 7) is -0.834. The molecule has 0 atom stereocenters. The summed E-state index contributed by atoms with van der Waals surface area (Å²) in [5, 5.41) is 9.94. The number of rotatable bonds is 5. The fraction of sp³-hybridized carbons (Fsp3) is 0.440. The first kappa shape index (κ1) is 22.8. The monoisotopic (exact) mass is 535 g/mol. The number of nitrogens with one attached hydrogen (secondary N) is 1. The van der Waals surface area contributed by atoms with Gasteiger partial charge in [-0.15, -0.1) is 0 Å². The normalized spacial score (nSPS) is 20.1. The van der Waals surface area contributed by atoms with E-state index < -0.39 is 42.7 Å². The van der Waals surface area contributed by atoms with Crippen molar-refractivity contribution in [3.05, 3.63) is 64.7 Å². The summed E-state index contributed by atoms with van der Waals surface area (Å²) in [5.74, 6) is -4.01. The van der Waals surface area contributed by atoms with Crippen molar-refractivity contribution in [2.24, 2.45) is 0 Å². The Hall–Kier alpha value is -3.41. The fourth-order valence-corrected chi connectivity index (χ4v) is 3.80. The average molecular weight is 536 g/mol. The lowest BCUT2D eigenvalue weighted by Crippen LogP contribution is -2.49. The quantitative estimate of drug-likeness (QED) is 0.548. The molecule has 2 aromatic rings. The number of carbonyl (C=O) groups is 2. The van der Waals surface area contributed by atoms with E-state index in [4.69, 9.17) is 20.1 Å². The fourth-order valence-electron chi connectivity index (χ4n) is 3.80. The van der Waals surface area contributed by atoms with Crippen LogP contribution in [-0.2, 0) is 24.3 Å². The molecule has 2 aliphatic heterocycles. The molecule has 1 saturated heterocycles. The zero-order valence-electron chi connectivity index (χ0n) is 23.7. The van der Waals surface area contributed by atoms with Crippen LogP contribution in [0.1, 0.15) is 36.4 Å². The number of carbonyl (C=O) groups excluding carboxylic acids is 1. The van der Waals surface area contributed by atoms with Crippen LogP contribution in [0.5, 0.6) is 5.75 Å². The summed E-state index contributed by atoms with van der Waals surface area (Å²) >= 11 is 0. The Morgan fingerprint density at radius 3 is 2.51 bits per heavy atom. The lowest BCUT2D eigenvalue weighted by atomic mass is 10.0. The number of hydrogen-bond acceptors (Lipinski definition) is 4. The maximum absolute atomic E-state index is 14.3. The van der Waals surface area contributed by atoms with Crippen molar-refractivity contribution < 1.29 is 48.3 Å². The Morgan fingerprint density at radius 1 is 1.22 bits per heavy atom. The zero-order valence-corrected chi connectivity index (χ0v) is 19.7. The Labute approximate surface area is 217 Å². The molecule has 2 aliphatic rings. The first-order valence-corrected chi connectivity index (χ1v) is 11.2. The molecular weight excluding hydrogens is 501 g/mol. The standard InChI is InChI=1S/C23H27F2N3O2.C2HF3O2.H2/c1-27-9-6-20(7-10-27)28(15-18-3-4-19(24)13-21(18)25)23(29)26-14-16-2-5-22-17(12-16)8-11-30-22;3-2(4,5)1(6)7;/h2-5,12-13,20H,6-11,14-15H2,1H3,(H,26,29);(H,6,7);1H/i8D2,11D2;;. The highest BCUT2D eigenvalue weighted by atomic mass is 19.4. The highest BCUT2D eigenvalue weighted by Crippen LogP contribution is 2.26. The molecule has 12 heteroatoms. The van der Waals surface area contributed by atoms with Gasteiger partial charge in [0.1, 0.15) is 17.4 Å². The summed E-state index contributed by atoms with van der Waals surface area (Å²) in [7, 11) is 2.00. The predicted molar refractivity (Wildman–Crippen MR) is 126 cm³/mol. The maximum atomic E-state index is 14.3. The molecule has 2 aromatic carbocycles. The van der Waals surface area contributed by atoms with Crippen molar-refractivity contribution in [2.45, 2.75) is 44.5 Å². The maximum Gasteiger partial charge on any atom is 0.490 e. The van der Waals surface area contributed by atoms with E-state index >= 15 is 0 Å². The molecule has 0 unspecified atom stereocenters. The molecular formula is C25H30F5N3O4.